The van der Waals surface area contributed by atoms with Crippen LogP contribution < -0.4 is 0 Å². The molecule has 1 unspecified atom stereocenters. The number of Topliss-reactive ketones (excluding diaryl/α,β-unsaturated/α-hetero) is 2. The zero-order chi connectivity index (χ0) is 9.30. The van der Waals surface area contributed by atoms with Crippen LogP contribution in [-0.2, 0) is 14.3 Å². The highest BCUT2D eigenvalue weighted by Gasteiger charge is 2.41. The first-order valence-corrected chi connectivity index (χ1v) is 3.28. The number of hydrogen-bond donors (Lipinski definition) is 3. The van der Waals surface area contributed by atoms with Crippen LogP contribution in [0.25, 0.3) is 0 Å². The third kappa shape index (κ3) is 1.37. The molecular weight excluding hydrogens is 168 g/mol. The highest BCUT2D eigenvalue weighted by atomic mass is 16.6. The van der Waals surface area contributed by atoms with Crippen molar-refractivity contribution in [1.82, 2.24) is 0 Å². The summed E-state index contributed by atoms with van der Waals surface area (Å²) in [7, 11) is 0. The highest BCUT2D eigenvalue weighted by Crippen LogP contribution is 2.11. The van der Waals surface area contributed by atoms with Crippen LogP contribution in [0.2, 0.25) is 0 Å². The van der Waals surface area contributed by atoms with E-state index in [9.17, 15) is 9.59 Å². The maximum absolute atomic E-state index is 10.8. The van der Waals surface area contributed by atoms with E-state index in [-0.39, 0.29) is 0 Å². The van der Waals surface area contributed by atoms with E-state index in [0.717, 1.165) is 0 Å². The number of rotatable bonds is 1. The van der Waals surface area contributed by atoms with Crippen LogP contribution in [-0.4, -0.2) is 52.0 Å². The molecule has 0 aromatic rings. The second-order valence-electron chi connectivity index (χ2n) is 2.37. The Morgan fingerprint density at radius 1 is 1.25 bits per heavy atom. The zero-order valence-electron chi connectivity index (χ0n) is 6.01. The molecule has 1 rings (SSSR count). The van der Waals surface area contributed by atoms with Crippen LogP contribution in [0.5, 0.6) is 0 Å². The van der Waals surface area contributed by atoms with Gasteiger partial charge in [-0.05, 0) is 0 Å². The molecule has 0 saturated carbocycles. The molecule has 0 aromatic carbocycles. The molecule has 0 radical (unpaired) electrons. The van der Waals surface area contributed by atoms with E-state index < -0.39 is 36.7 Å². The van der Waals surface area contributed by atoms with Gasteiger partial charge >= 0.3 is 0 Å². The van der Waals surface area contributed by atoms with Gasteiger partial charge in [0.25, 0.3) is 0 Å². The number of ketones is 2. The van der Waals surface area contributed by atoms with Gasteiger partial charge in [0.2, 0.25) is 11.6 Å². The van der Waals surface area contributed by atoms with Crippen molar-refractivity contribution in [1.29, 1.82) is 0 Å². The Kier molecular flexibility index (Phi) is 2.53. The van der Waals surface area contributed by atoms with E-state index in [0.29, 0.717) is 0 Å². The molecular formula is C6H8O6. The van der Waals surface area contributed by atoms with Crippen molar-refractivity contribution in [3.8, 4) is 0 Å². The maximum Gasteiger partial charge on any atom is 0.234 e. The molecule has 0 bridgehead atoms. The SMILES string of the molecule is O=C1C(=O)[C@@H](CO)OC(O)[C@@H]1O. The van der Waals surface area contributed by atoms with Gasteiger partial charge < -0.3 is 20.1 Å². The smallest absolute Gasteiger partial charge is 0.234 e. The fourth-order valence-electron chi connectivity index (χ4n) is 0.864. The number of ether oxygens (including phenoxy) is 1. The van der Waals surface area contributed by atoms with Crippen molar-refractivity contribution in [2.75, 3.05) is 6.61 Å². The van der Waals surface area contributed by atoms with Crippen LogP contribution in [0.15, 0.2) is 0 Å². The Bertz CT molecular complexity index is 206. The summed E-state index contributed by atoms with van der Waals surface area (Å²) < 4.78 is 4.42. The Morgan fingerprint density at radius 3 is 2.33 bits per heavy atom. The van der Waals surface area contributed by atoms with Gasteiger partial charge in [0.05, 0.1) is 6.61 Å². The van der Waals surface area contributed by atoms with Gasteiger partial charge in [-0.1, -0.05) is 0 Å². The molecule has 1 fully saturated rings. The van der Waals surface area contributed by atoms with Gasteiger partial charge in [-0.15, -0.1) is 0 Å². The summed E-state index contributed by atoms with van der Waals surface area (Å²) in [5.74, 6) is -2.15. The molecule has 1 saturated heterocycles. The standard InChI is InChI=1S/C6H8O6/c7-1-2-3(8)4(9)5(10)6(11)12-2/h2,5-7,10-11H,1H2/t2-,5-,6?/m1/s1. The topological polar surface area (TPSA) is 104 Å². The number of aliphatic hydroxyl groups is 3. The van der Waals surface area contributed by atoms with E-state index in [1.165, 1.54) is 0 Å². The van der Waals surface area contributed by atoms with E-state index in [1.807, 2.05) is 0 Å². The lowest BCUT2D eigenvalue weighted by Gasteiger charge is -2.26. The molecule has 3 N–H and O–H groups in total. The minimum absolute atomic E-state index is 0.686. The van der Waals surface area contributed by atoms with Crippen LogP contribution in [0.4, 0.5) is 0 Å². The Morgan fingerprint density at radius 2 is 1.83 bits per heavy atom. The van der Waals surface area contributed by atoms with Gasteiger partial charge in [0.1, 0.15) is 6.10 Å². The molecule has 0 spiro atoms. The first kappa shape index (κ1) is 9.27. The first-order chi connectivity index (χ1) is 5.57. The van der Waals surface area contributed by atoms with Gasteiger partial charge in [0.15, 0.2) is 12.4 Å². The predicted molar refractivity (Wildman–Crippen MR) is 34.0 cm³/mol. The Balaban J connectivity index is 2.77. The number of carbonyl (C=O) groups is 2. The summed E-state index contributed by atoms with van der Waals surface area (Å²) in [6, 6.07) is 0. The van der Waals surface area contributed by atoms with Crippen LogP contribution >= 0.6 is 0 Å². The summed E-state index contributed by atoms with van der Waals surface area (Å²) >= 11 is 0. The van der Waals surface area contributed by atoms with Crippen molar-refractivity contribution in [3.05, 3.63) is 0 Å². The van der Waals surface area contributed by atoms with Gasteiger partial charge in [-0.3, -0.25) is 9.59 Å². The fraction of sp³-hybridized carbons (Fsp3) is 0.667. The van der Waals surface area contributed by atoms with Crippen LogP contribution in [0, 0.1) is 0 Å². The maximum atomic E-state index is 10.8. The lowest BCUT2D eigenvalue weighted by Crippen LogP contribution is -2.53. The molecule has 0 amide bonds. The van der Waals surface area contributed by atoms with E-state index in [2.05, 4.69) is 4.74 Å². The van der Waals surface area contributed by atoms with Crippen LogP contribution in [0.3, 0.4) is 0 Å². The van der Waals surface area contributed by atoms with Crippen molar-refractivity contribution in [2.45, 2.75) is 18.5 Å². The fourth-order valence-corrected chi connectivity index (χ4v) is 0.864. The van der Waals surface area contributed by atoms with Crippen molar-refractivity contribution < 1.29 is 29.6 Å². The molecule has 1 heterocycles. The van der Waals surface area contributed by atoms with Gasteiger partial charge in [0, 0.05) is 0 Å². The highest BCUT2D eigenvalue weighted by molar-refractivity contribution is 6.41. The predicted octanol–water partition coefficient (Wildman–Crippen LogP) is -2.81. The summed E-state index contributed by atoms with van der Waals surface area (Å²) in [5, 5.41) is 26.1. The third-order valence-electron chi connectivity index (χ3n) is 1.54. The minimum atomic E-state index is -1.83. The van der Waals surface area contributed by atoms with Crippen LogP contribution in [0.1, 0.15) is 0 Å². The van der Waals surface area contributed by atoms with Crippen molar-refractivity contribution >= 4 is 11.6 Å². The molecule has 12 heavy (non-hydrogen) atoms. The molecule has 0 aliphatic carbocycles. The Hall–Kier alpha value is -0.820. The van der Waals surface area contributed by atoms with Gasteiger partial charge in [-0.25, -0.2) is 0 Å². The van der Waals surface area contributed by atoms with E-state index in [4.69, 9.17) is 15.3 Å². The summed E-state index contributed by atoms with van der Waals surface area (Å²) in [6.07, 6.45) is -4.91. The quantitative estimate of drug-likeness (QED) is 0.373. The number of aliphatic hydroxyl groups excluding tert-OH is 3. The second kappa shape index (κ2) is 3.28. The molecule has 6 heteroatoms. The van der Waals surface area contributed by atoms with E-state index in [1.54, 1.807) is 0 Å². The number of hydrogen-bond acceptors (Lipinski definition) is 6. The summed E-state index contributed by atoms with van der Waals surface area (Å²) in [6.45, 7) is -0.686. The molecule has 1 aliphatic heterocycles. The lowest BCUT2D eigenvalue weighted by molar-refractivity contribution is -0.213. The Labute approximate surface area is 67.4 Å². The van der Waals surface area contributed by atoms with Crippen molar-refractivity contribution in [2.24, 2.45) is 0 Å². The third-order valence-corrected chi connectivity index (χ3v) is 1.54. The summed E-state index contributed by atoms with van der Waals surface area (Å²) in [5.41, 5.74) is 0. The van der Waals surface area contributed by atoms with Gasteiger partial charge in [-0.2, -0.15) is 0 Å². The zero-order valence-corrected chi connectivity index (χ0v) is 6.01. The molecule has 0 aromatic heterocycles. The normalized spacial score (nSPS) is 37.1. The molecule has 1 aliphatic rings. The largest absolute Gasteiger partial charge is 0.393 e. The first-order valence-electron chi connectivity index (χ1n) is 3.28. The second-order valence-corrected chi connectivity index (χ2v) is 2.37. The lowest BCUT2D eigenvalue weighted by atomic mass is 10.0. The molecule has 68 valence electrons. The van der Waals surface area contributed by atoms with E-state index >= 15 is 0 Å². The monoisotopic (exact) mass is 176 g/mol. The summed E-state index contributed by atoms with van der Waals surface area (Å²) in [4.78, 5) is 21.6. The van der Waals surface area contributed by atoms with Crippen molar-refractivity contribution in [3.63, 3.8) is 0 Å². The minimum Gasteiger partial charge on any atom is -0.393 e. The average molecular weight is 176 g/mol. The molecule has 3 atom stereocenters. The molecule has 6 nitrogen and oxygen atoms in total. The number of carbonyl (C=O) groups excluding carboxylic acids is 2. The average Bonchev–Trinajstić information content (AvgIpc) is 2.08.